The highest BCUT2D eigenvalue weighted by atomic mass is 32.2. The summed E-state index contributed by atoms with van der Waals surface area (Å²) < 4.78 is 40.5. The summed E-state index contributed by atoms with van der Waals surface area (Å²) >= 11 is 1.00. The molecule has 2 aromatic rings. The van der Waals surface area contributed by atoms with Gasteiger partial charge in [-0.1, -0.05) is 6.07 Å². The van der Waals surface area contributed by atoms with Gasteiger partial charge in [0.15, 0.2) is 0 Å². The summed E-state index contributed by atoms with van der Waals surface area (Å²) in [6.07, 6.45) is 1.92. The predicted molar refractivity (Wildman–Crippen MR) is 99.9 cm³/mol. The largest absolute Gasteiger partial charge is 0.416 e. The van der Waals surface area contributed by atoms with E-state index in [1.54, 1.807) is 0 Å². The molecular weight excluding hydrogens is 373 g/mol. The Kier molecular flexibility index (Phi) is 4.80. The molecule has 0 aromatic heterocycles. The summed E-state index contributed by atoms with van der Waals surface area (Å²) in [6.45, 7) is 0. The van der Waals surface area contributed by atoms with Crippen molar-refractivity contribution in [1.82, 2.24) is 4.72 Å². The van der Waals surface area contributed by atoms with Crippen LogP contribution in [0.2, 0.25) is 0 Å². The van der Waals surface area contributed by atoms with E-state index in [0.29, 0.717) is 4.90 Å². The van der Waals surface area contributed by atoms with Crippen molar-refractivity contribution in [3.63, 3.8) is 0 Å². The first-order valence-electron chi connectivity index (χ1n) is 8.99. The molecule has 0 fully saturated rings. The quantitative estimate of drug-likeness (QED) is 0.676. The molecule has 0 saturated heterocycles. The van der Waals surface area contributed by atoms with Crippen LogP contribution >= 0.6 is 11.9 Å². The number of carbonyl (C=O) groups excluding carboxylic acids is 1. The summed E-state index contributed by atoms with van der Waals surface area (Å²) in [7, 11) is 0. The number of anilines is 1. The van der Waals surface area contributed by atoms with E-state index < -0.39 is 11.7 Å². The lowest BCUT2D eigenvalue weighted by Gasteiger charge is -2.16. The van der Waals surface area contributed by atoms with Gasteiger partial charge < -0.3 is 5.32 Å². The average Bonchev–Trinajstić information content (AvgIpc) is 3.28. The first-order chi connectivity index (χ1) is 12.9. The number of amides is 2. The van der Waals surface area contributed by atoms with Gasteiger partial charge in [0, 0.05) is 10.6 Å². The number of urea groups is 1. The van der Waals surface area contributed by atoms with Gasteiger partial charge in [-0.05, 0) is 97.0 Å². The Hall–Kier alpha value is -2.15. The van der Waals surface area contributed by atoms with E-state index >= 15 is 0 Å². The summed E-state index contributed by atoms with van der Waals surface area (Å²) in [4.78, 5) is 12.9. The molecule has 27 heavy (non-hydrogen) atoms. The fourth-order valence-corrected chi connectivity index (χ4v) is 4.46. The summed E-state index contributed by atoms with van der Waals surface area (Å²) in [5.74, 6) is 0. The number of nitrogens with one attached hydrogen (secondary N) is 2. The van der Waals surface area contributed by atoms with Crippen molar-refractivity contribution >= 4 is 23.7 Å². The molecule has 0 heterocycles. The molecular formula is C20H19F3N2OS. The maximum atomic E-state index is 12.6. The zero-order valence-corrected chi connectivity index (χ0v) is 15.4. The standard InChI is InChI=1S/C20H19F3N2OS/c21-20(22,23)14-7-9-15(10-8-14)27-25-19(26)24-18-16-5-1-3-12(16)11-13-4-2-6-17(13)18/h7-11H,1-6H2,(H2,24,25,26). The maximum absolute atomic E-state index is 12.6. The van der Waals surface area contributed by atoms with Crippen LogP contribution in [0.25, 0.3) is 0 Å². The van der Waals surface area contributed by atoms with E-state index in [1.807, 2.05) is 0 Å². The fourth-order valence-electron chi connectivity index (χ4n) is 3.92. The van der Waals surface area contributed by atoms with E-state index in [1.165, 1.54) is 34.4 Å². The molecule has 2 amide bonds. The number of hydrogen-bond acceptors (Lipinski definition) is 2. The molecule has 0 spiro atoms. The van der Waals surface area contributed by atoms with E-state index in [4.69, 9.17) is 0 Å². The molecule has 0 saturated carbocycles. The first-order valence-corrected chi connectivity index (χ1v) is 9.81. The third-order valence-corrected chi connectivity index (χ3v) is 5.95. The average molecular weight is 392 g/mol. The Morgan fingerprint density at radius 3 is 2.07 bits per heavy atom. The van der Waals surface area contributed by atoms with Crippen LogP contribution in [0, 0.1) is 0 Å². The smallest absolute Gasteiger partial charge is 0.307 e. The molecule has 142 valence electrons. The SMILES string of the molecule is O=C(NSc1ccc(C(F)(F)F)cc1)Nc1c2c(cc3c1CCC3)CCC2. The lowest BCUT2D eigenvalue weighted by atomic mass is 9.99. The lowest BCUT2D eigenvalue weighted by molar-refractivity contribution is -0.137. The minimum atomic E-state index is -4.36. The molecule has 2 aliphatic carbocycles. The zero-order valence-electron chi connectivity index (χ0n) is 14.6. The summed E-state index contributed by atoms with van der Waals surface area (Å²) in [5.41, 5.74) is 5.40. The van der Waals surface area contributed by atoms with Gasteiger partial charge in [0.05, 0.1) is 5.56 Å². The number of alkyl halides is 3. The van der Waals surface area contributed by atoms with Gasteiger partial charge in [-0.15, -0.1) is 0 Å². The van der Waals surface area contributed by atoms with E-state index in [0.717, 1.165) is 68.3 Å². The normalized spacial score (nSPS) is 15.4. The number of hydrogen-bond donors (Lipinski definition) is 2. The first kappa shape index (κ1) is 18.2. The van der Waals surface area contributed by atoms with Gasteiger partial charge >= 0.3 is 12.2 Å². The minimum Gasteiger partial charge on any atom is -0.307 e. The molecule has 0 unspecified atom stereocenters. The Bertz CT molecular complexity index is 846. The number of halogens is 3. The predicted octanol–water partition coefficient (Wildman–Crippen LogP) is 5.51. The molecule has 2 N–H and O–H groups in total. The molecule has 7 heteroatoms. The molecule has 0 bridgehead atoms. The molecule has 2 aliphatic rings. The second kappa shape index (κ2) is 7.11. The monoisotopic (exact) mass is 392 g/mol. The van der Waals surface area contributed by atoms with Crippen LogP contribution in [-0.4, -0.2) is 6.03 Å². The van der Waals surface area contributed by atoms with Gasteiger partial charge in [-0.2, -0.15) is 13.2 Å². The highest BCUT2D eigenvalue weighted by Crippen LogP contribution is 2.38. The van der Waals surface area contributed by atoms with Crippen LogP contribution in [0.3, 0.4) is 0 Å². The minimum absolute atomic E-state index is 0.353. The Morgan fingerprint density at radius 2 is 1.52 bits per heavy atom. The van der Waals surface area contributed by atoms with Gasteiger partial charge in [0.2, 0.25) is 0 Å². The number of benzene rings is 2. The van der Waals surface area contributed by atoms with Crippen molar-refractivity contribution in [2.45, 2.75) is 49.6 Å². The van der Waals surface area contributed by atoms with Crippen LogP contribution in [0.5, 0.6) is 0 Å². The van der Waals surface area contributed by atoms with Crippen LogP contribution in [-0.2, 0) is 31.9 Å². The molecule has 3 nitrogen and oxygen atoms in total. The topological polar surface area (TPSA) is 41.1 Å². The molecule has 0 aliphatic heterocycles. The second-order valence-electron chi connectivity index (χ2n) is 6.91. The summed E-state index contributed by atoms with van der Waals surface area (Å²) in [5, 5.41) is 3.00. The fraction of sp³-hybridized carbons (Fsp3) is 0.350. The van der Waals surface area contributed by atoms with Crippen molar-refractivity contribution in [3.05, 3.63) is 58.1 Å². The Balaban J connectivity index is 1.44. The highest BCUT2D eigenvalue weighted by molar-refractivity contribution is 7.98. The van der Waals surface area contributed by atoms with Crippen molar-refractivity contribution in [2.75, 3.05) is 5.32 Å². The Labute approximate surface area is 159 Å². The van der Waals surface area contributed by atoms with E-state index in [2.05, 4.69) is 16.1 Å². The number of fused-ring (bicyclic) bond motifs is 2. The van der Waals surface area contributed by atoms with E-state index in [-0.39, 0.29) is 6.03 Å². The molecule has 4 rings (SSSR count). The van der Waals surface area contributed by atoms with Crippen molar-refractivity contribution < 1.29 is 18.0 Å². The second-order valence-corrected chi connectivity index (χ2v) is 7.79. The van der Waals surface area contributed by atoms with E-state index in [9.17, 15) is 18.0 Å². The van der Waals surface area contributed by atoms with Crippen molar-refractivity contribution in [1.29, 1.82) is 0 Å². The van der Waals surface area contributed by atoms with Crippen LogP contribution < -0.4 is 10.0 Å². The van der Waals surface area contributed by atoms with Gasteiger partial charge in [-0.3, -0.25) is 4.72 Å². The van der Waals surface area contributed by atoms with Gasteiger partial charge in [-0.25, -0.2) is 4.79 Å². The third kappa shape index (κ3) is 3.78. The Morgan fingerprint density at radius 1 is 0.926 bits per heavy atom. The maximum Gasteiger partial charge on any atom is 0.416 e. The summed E-state index contributed by atoms with van der Waals surface area (Å²) in [6, 6.07) is 6.68. The van der Waals surface area contributed by atoms with Crippen LogP contribution in [0.4, 0.5) is 23.7 Å². The molecule has 2 aromatic carbocycles. The number of rotatable bonds is 3. The zero-order chi connectivity index (χ0) is 19.0. The van der Waals surface area contributed by atoms with Crippen molar-refractivity contribution in [2.24, 2.45) is 0 Å². The van der Waals surface area contributed by atoms with Gasteiger partial charge in [0.1, 0.15) is 0 Å². The third-order valence-electron chi connectivity index (χ3n) is 5.15. The molecule has 0 radical (unpaired) electrons. The lowest BCUT2D eigenvalue weighted by Crippen LogP contribution is -2.24. The van der Waals surface area contributed by atoms with Crippen molar-refractivity contribution in [3.8, 4) is 0 Å². The van der Waals surface area contributed by atoms with Crippen LogP contribution in [0.15, 0.2) is 35.2 Å². The van der Waals surface area contributed by atoms with Crippen LogP contribution in [0.1, 0.15) is 40.7 Å². The number of aryl methyl sites for hydroxylation is 2. The van der Waals surface area contributed by atoms with Gasteiger partial charge in [0.25, 0.3) is 0 Å². The molecule has 0 atom stereocenters. The highest BCUT2D eigenvalue weighted by Gasteiger charge is 2.30. The number of carbonyl (C=O) groups is 1.